The number of halogens is 3. The molecule has 4 nitrogen and oxygen atoms in total. The molecule has 2 N–H and O–H groups in total. The summed E-state index contributed by atoms with van der Waals surface area (Å²) in [4.78, 5) is 11.6. The van der Waals surface area contributed by atoms with Crippen LogP contribution in [0.25, 0.3) is 0 Å². The van der Waals surface area contributed by atoms with E-state index in [0.717, 1.165) is 36.6 Å². The highest BCUT2D eigenvalue weighted by molar-refractivity contribution is 8.15. The van der Waals surface area contributed by atoms with Crippen molar-refractivity contribution >= 4 is 22.7 Å². The molecule has 2 aromatic rings. The number of thioether (sulfide) groups is 1. The predicted molar refractivity (Wildman–Crippen MR) is 107 cm³/mol. The van der Waals surface area contributed by atoms with Crippen LogP contribution in [0.5, 0.6) is 0 Å². The summed E-state index contributed by atoms with van der Waals surface area (Å²) in [5.74, 6) is -2.14. The van der Waals surface area contributed by atoms with Crippen LogP contribution < -0.4 is 5.73 Å². The van der Waals surface area contributed by atoms with Crippen LogP contribution in [-0.2, 0) is 16.1 Å². The van der Waals surface area contributed by atoms with E-state index >= 15 is 0 Å². The molecule has 4 rings (SSSR count). The van der Waals surface area contributed by atoms with Gasteiger partial charge in [-0.25, -0.2) is 18.2 Å². The zero-order valence-corrected chi connectivity index (χ0v) is 16.6. The Bertz CT molecular complexity index is 1010. The van der Waals surface area contributed by atoms with Gasteiger partial charge < -0.3 is 5.73 Å². The molecule has 152 valence electrons. The van der Waals surface area contributed by atoms with Gasteiger partial charge in [0.05, 0.1) is 0 Å². The van der Waals surface area contributed by atoms with Crippen LogP contribution in [0.15, 0.2) is 41.5 Å². The number of hydrogen-bond acceptors (Lipinski definition) is 4. The third kappa shape index (κ3) is 3.24. The first kappa shape index (κ1) is 20.0. The molecule has 1 amide bonds. The van der Waals surface area contributed by atoms with E-state index in [2.05, 4.69) is 5.10 Å². The molecule has 2 aromatic carbocycles. The van der Waals surface area contributed by atoms with Crippen molar-refractivity contribution in [3.8, 4) is 0 Å². The van der Waals surface area contributed by atoms with Gasteiger partial charge in [-0.3, -0.25) is 4.79 Å². The van der Waals surface area contributed by atoms with Gasteiger partial charge in [-0.2, -0.15) is 5.10 Å². The van der Waals surface area contributed by atoms with Crippen molar-refractivity contribution in [2.45, 2.75) is 31.1 Å². The summed E-state index contributed by atoms with van der Waals surface area (Å²) >= 11 is 1.17. The number of carbonyl (C=O) groups excluding carboxylic acids is 1. The molecule has 2 aliphatic rings. The lowest BCUT2D eigenvalue weighted by atomic mass is 9.77. The van der Waals surface area contributed by atoms with E-state index in [1.165, 1.54) is 35.8 Å². The first-order chi connectivity index (χ1) is 13.9. The SMILES string of the molecule is CC(=O)N1N=C(c2cc(F)ccc2F)S[C@]12c1cc(F)ccc1CC[C@H]2CCN. The van der Waals surface area contributed by atoms with Crippen LogP contribution in [0.1, 0.15) is 36.5 Å². The van der Waals surface area contributed by atoms with E-state index in [1.54, 1.807) is 6.07 Å². The molecule has 2 atom stereocenters. The summed E-state index contributed by atoms with van der Waals surface area (Å²) in [6.07, 6.45) is 2.03. The van der Waals surface area contributed by atoms with Gasteiger partial charge in [0.25, 0.3) is 0 Å². The van der Waals surface area contributed by atoms with Gasteiger partial charge >= 0.3 is 0 Å². The van der Waals surface area contributed by atoms with Crippen LogP contribution in [0, 0.1) is 23.4 Å². The fourth-order valence-corrected chi connectivity index (χ4v) is 5.90. The Morgan fingerprint density at radius 3 is 2.69 bits per heavy atom. The van der Waals surface area contributed by atoms with Crippen molar-refractivity contribution in [1.29, 1.82) is 0 Å². The smallest absolute Gasteiger partial charge is 0.241 e. The number of nitrogens with zero attached hydrogens (tertiary/aromatic N) is 2. The molecule has 8 heteroatoms. The Morgan fingerprint density at radius 2 is 1.97 bits per heavy atom. The highest BCUT2D eigenvalue weighted by Gasteiger charge is 2.55. The summed E-state index contributed by atoms with van der Waals surface area (Å²) in [6, 6.07) is 7.64. The van der Waals surface area contributed by atoms with Crippen LogP contribution in [0.4, 0.5) is 13.2 Å². The second kappa shape index (κ2) is 7.50. The summed E-state index contributed by atoms with van der Waals surface area (Å²) in [7, 11) is 0. The number of rotatable bonds is 3. The second-order valence-corrected chi connectivity index (χ2v) is 8.49. The number of hydrazone groups is 1. The van der Waals surface area contributed by atoms with Gasteiger partial charge in [-0.15, -0.1) is 0 Å². The summed E-state index contributed by atoms with van der Waals surface area (Å²) < 4.78 is 42.5. The molecule has 0 fully saturated rings. The number of carbonyl (C=O) groups is 1. The molecule has 0 saturated heterocycles. The van der Waals surface area contributed by atoms with Crippen LogP contribution in [-0.4, -0.2) is 22.5 Å². The monoisotopic (exact) mass is 419 g/mol. The van der Waals surface area contributed by atoms with Gasteiger partial charge in [0.2, 0.25) is 5.91 Å². The van der Waals surface area contributed by atoms with Gasteiger partial charge in [0.1, 0.15) is 27.4 Å². The maximum absolute atomic E-state index is 14.5. The molecule has 0 bridgehead atoms. The standard InChI is InChI=1S/C21H20F3N3OS/c1-12(28)27-21(29-20(26-27)17-10-15(22)6-7-19(17)24)14(8-9-25)4-2-13-3-5-16(23)11-18(13)21/h3,5-7,10-11,14H,2,4,8-9,25H2,1H3/t14-,21+/m0/s1. The molecule has 0 unspecified atom stereocenters. The zero-order valence-electron chi connectivity index (χ0n) is 15.8. The summed E-state index contributed by atoms with van der Waals surface area (Å²) in [5.41, 5.74) is 7.37. The van der Waals surface area contributed by atoms with Gasteiger partial charge in [-0.1, -0.05) is 17.8 Å². The zero-order chi connectivity index (χ0) is 20.8. The molecule has 1 aliphatic carbocycles. The van der Waals surface area contributed by atoms with Crippen molar-refractivity contribution in [1.82, 2.24) is 5.01 Å². The number of nitrogens with two attached hydrogens (primary N) is 1. The number of benzene rings is 2. The third-order valence-corrected chi connectivity index (χ3v) is 7.04. The summed E-state index contributed by atoms with van der Waals surface area (Å²) in [5, 5.41) is 5.88. The fraction of sp³-hybridized carbons (Fsp3) is 0.333. The lowest BCUT2D eigenvalue weighted by Crippen LogP contribution is -2.49. The largest absolute Gasteiger partial charge is 0.330 e. The first-order valence-electron chi connectivity index (χ1n) is 9.39. The molecule has 1 heterocycles. The maximum atomic E-state index is 14.5. The van der Waals surface area contributed by atoms with Crippen molar-refractivity contribution in [3.63, 3.8) is 0 Å². The quantitative estimate of drug-likeness (QED) is 0.814. The minimum atomic E-state index is -1.05. The average molecular weight is 419 g/mol. The Morgan fingerprint density at radius 1 is 1.24 bits per heavy atom. The molecule has 29 heavy (non-hydrogen) atoms. The lowest BCUT2D eigenvalue weighted by Gasteiger charge is -2.45. The van der Waals surface area contributed by atoms with E-state index in [1.807, 2.05) is 0 Å². The average Bonchev–Trinajstić information content (AvgIpc) is 3.08. The lowest BCUT2D eigenvalue weighted by molar-refractivity contribution is -0.134. The number of fused-ring (bicyclic) bond motifs is 2. The Hall–Kier alpha value is -2.32. The van der Waals surface area contributed by atoms with Gasteiger partial charge in [0, 0.05) is 12.5 Å². The molecule has 1 aliphatic heterocycles. The Balaban J connectivity index is 1.91. The van der Waals surface area contributed by atoms with Crippen molar-refractivity contribution in [2.75, 3.05) is 6.54 Å². The number of aryl methyl sites for hydroxylation is 1. The molecule has 0 saturated carbocycles. The molecule has 1 spiro atoms. The Kier molecular flexibility index (Phi) is 5.16. The minimum Gasteiger partial charge on any atom is -0.330 e. The first-order valence-corrected chi connectivity index (χ1v) is 10.2. The van der Waals surface area contributed by atoms with Crippen molar-refractivity contribution in [3.05, 3.63) is 70.5 Å². The van der Waals surface area contributed by atoms with Crippen molar-refractivity contribution in [2.24, 2.45) is 16.8 Å². The van der Waals surface area contributed by atoms with E-state index in [4.69, 9.17) is 5.73 Å². The molecule has 0 radical (unpaired) electrons. The molecular weight excluding hydrogens is 399 g/mol. The number of hydrogen-bond donors (Lipinski definition) is 1. The van der Waals surface area contributed by atoms with Crippen molar-refractivity contribution < 1.29 is 18.0 Å². The third-order valence-electron chi connectivity index (χ3n) is 5.50. The van der Waals surface area contributed by atoms with Crippen LogP contribution >= 0.6 is 11.8 Å². The molecular formula is C21H20F3N3OS. The van der Waals surface area contributed by atoms with Gasteiger partial charge in [0.15, 0.2) is 0 Å². The highest BCUT2D eigenvalue weighted by atomic mass is 32.2. The van der Waals surface area contributed by atoms with E-state index in [-0.39, 0.29) is 22.4 Å². The highest BCUT2D eigenvalue weighted by Crippen LogP contribution is 2.57. The maximum Gasteiger partial charge on any atom is 0.241 e. The normalized spacial score (nSPS) is 23.3. The minimum absolute atomic E-state index is 0.0202. The number of amides is 1. The predicted octanol–water partition coefficient (Wildman–Crippen LogP) is 4.13. The molecule has 0 aromatic heterocycles. The van der Waals surface area contributed by atoms with E-state index in [9.17, 15) is 18.0 Å². The van der Waals surface area contributed by atoms with E-state index < -0.39 is 22.3 Å². The second-order valence-electron chi connectivity index (χ2n) is 7.27. The van der Waals surface area contributed by atoms with Crippen LogP contribution in [0.3, 0.4) is 0 Å². The van der Waals surface area contributed by atoms with Crippen LogP contribution in [0.2, 0.25) is 0 Å². The topological polar surface area (TPSA) is 58.7 Å². The summed E-state index contributed by atoms with van der Waals surface area (Å²) in [6.45, 7) is 1.75. The van der Waals surface area contributed by atoms with Gasteiger partial charge in [-0.05, 0) is 73.2 Å². The fourth-order valence-electron chi connectivity index (χ4n) is 4.26. The van der Waals surface area contributed by atoms with E-state index in [0.29, 0.717) is 18.5 Å². The Labute approximate surface area is 171 Å².